The average molecular weight is 170 g/mol. The molecule has 3 atom stereocenters. The van der Waals surface area contributed by atoms with Gasteiger partial charge in [-0.05, 0) is 19.8 Å². The van der Waals surface area contributed by atoms with E-state index in [1.807, 2.05) is 19.9 Å². The topological polar surface area (TPSA) is 29.5 Å². The molecule has 12 heavy (non-hydrogen) atoms. The molecule has 1 N–H and O–H groups in total. The molecule has 0 aromatic carbocycles. The summed E-state index contributed by atoms with van der Waals surface area (Å²) >= 11 is 0. The van der Waals surface area contributed by atoms with Crippen LogP contribution in [0.15, 0.2) is 12.7 Å². The SMILES string of the molecule is C=C[C@@]1(C)CC[C@@H](C(C)CO)O1. The van der Waals surface area contributed by atoms with E-state index in [9.17, 15) is 0 Å². The predicted molar refractivity (Wildman–Crippen MR) is 49.0 cm³/mol. The van der Waals surface area contributed by atoms with E-state index in [4.69, 9.17) is 9.84 Å². The first-order valence-electron chi connectivity index (χ1n) is 4.53. The van der Waals surface area contributed by atoms with Gasteiger partial charge in [0.1, 0.15) is 0 Å². The Morgan fingerprint density at radius 2 is 2.50 bits per heavy atom. The molecule has 2 heteroatoms. The molecule has 0 amide bonds. The van der Waals surface area contributed by atoms with Crippen LogP contribution in [0.1, 0.15) is 26.7 Å². The highest BCUT2D eigenvalue weighted by Crippen LogP contribution is 2.33. The summed E-state index contributed by atoms with van der Waals surface area (Å²) in [6, 6.07) is 0. The number of rotatable bonds is 3. The molecule has 1 heterocycles. The van der Waals surface area contributed by atoms with Crippen LogP contribution in [0.25, 0.3) is 0 Å². The summed E-state index contributed by atoms with van der Waals surface area (Å²) in [5, 5.41) is 8.93. The van der Waals surface area contributed by atoms with Gasteiger partial charge in [0, 0.05) is 12.5 Å². The van der Waals surface area contributed by atoms with E-state index < -0.39 is 0 Å². The molecule has 1 saturated heterocycles. The van der Waals surface area contributed by atoms with Gasteiger partial charge in [-0.15, -0.1) is 6.58 Å². The number of hydrogen-bond acceptors (Lipinski definition) is 2. The fraction of sp³-hybridized carbons (Fsp3) is 0.800. The first kappa shape index (κ1) is 9.75. The summed E-state index contributed by atoms with van der Waals surface area (Å²) in [5.41, 5.74) is -0.159. The zero-order chi connectivity index (χ0) is 9.19. The normalized spacial score (nSPS) is 38.1. The van der Waals surface area contributed by atoms with E-state index in [0.29, 0.717) is 0 Å². The van der Waals surface area contributed by atoms with Gasteiger partial charge in [0.05, 0.1) is 11.7 Å². The molecule has 0 aromatic rings. The van der Waals surface area contributed by atoms with Crippen molar-refractivity contribution in [2.75, 3.05) is 6.61 Å². The smallest absolute Gasteiger partial charge is 0.0836 e. The van der Waals surface area contributed by atoms with Gasteiger partial charge >= 0.3 is 0 Å². The number of hydrogen-bond donors (Lipinski definition) is 1. The highest BCUT2D eigenvalue weighted by Gasteiger charge is 2.35. The van der Waals surface area contributed by atoms with E-state index in [-0.39, 0.29) is 24.2 Å². The predicted octanol–water partition coefficient (Wildman–Crippen LogP) is 1.74. The van der Waals surface area contributed by atoms with Crippen molar-refractivity contribution < 1.29 is 9.84 Å². The fourth-order valence-corrected chi connectivity index (χ4v) is 1.56. The Bertz CT molecular complexity index is 167. The van der Waals surface area contributed by atoms with Crippen molar-refractivity contribution in [2.24, 2.45) is 5.92 Å². The lowest BCUT2D eigenvalue weighted by molar-refractivity contribution is -0.0305. The Labute approximate surface area is 74.2 Å². The minimum absolute atomic E-state index is 0.159. The van der Waals surface area contributed by atoms with Crippen molar-refractivity contribution in [2.45, 2.75) is 38.4 Å². The Hall–Kier alpha value is -0.340. The summed E-state index contributed by atoms with van der Waals surface area (Å²) in [6.07, 6.45) is 4.12. The highest BCUT2D eigenvalue weighted by molar-refractivity contribution is 4.99. The highest BCUT2D eigenvalue weighted by atomic mass is 16.5. The molecule has 0 radical (unpaired) electrons. The Morgan fingerprint density at radius 3 is 2.92 bits per heavy atom. The van der Waals surface area contributed by atoms with Crippen LogP contribution in [0.2, 0.25) is 0 Å². The minimum Gasteiger partial charge on any atom is -0.396 e. The molecule has 70 valence electrons. The van der Waals surface area contributed by atoms with Gasteiger partial charge in [0.2, 0.25) is 0 Å². The Kier molecular flexibility index (Phi) is 2.91. The van der Waals surface area contributed by atoms with Crippen molar-refractivity contribution in [1.29, 1.82) is 0 Å². The zero-order valence-corrected chi connectivity index (χ0v) is 7.92. The maximum absolute atomic E-state index is 8.93. The van der Waals surface area contributed by atoms with Crippen molar-refractivity contribution >= 4 is 0 Å². The largest absolute Gasteiger partial charge is 0.396 e. The lowest BCUT2D eigenvalue weighted by Crippen LogP contribution is -2.26. The van der Waals surface area contributed by atoms with Crippen molar-refractivity contribution in [3.63, 3.8) is 0 Å². The first-order valence-corrected chi connectivity index (χ1v) is 4.53. The Balaban J connectivity index is 2.50. The van der Waals surface area contributed by atoms with Gasteiger partial charge < -0.3 is 9.84 Å². The van der Waals surface area contributed by atoms with Crippen LogP contribution in [-0.4, -0.2) is 23.4 Å². The van der Waals surface area contributed by atoms with Crippen LogP contribution in [0.3, 0.4) is 0 Å². The van der Waals surface area contributed by atoms with Crippen LogP contribution in [-0.2, 0) is 4.74 Å². The molecule has 0 spiro atoms. The third kappa shape index (κ3) is 1.87. The van der Waals surface area contributed by atoms with Gasteiger partial charge in [-0.1, -0.05) is 13.0 Å². The maximum Gasteiger partial charge on any atom is 0.0836 e. The summed E-state index contributed by atoms with van der Waals surface area (Å²) in [5.74, 6) is 0.242. The molecule has 1 aliphatic rings. The molecule has 0 aromatic heterocycles. The van der Waals surface area contributed by atoms with E-state index in [1.165, 1.54) is 0 Å². The number of aliphatic hydroxyl groups is 1. The molecule has 0 bridgehead atoms. The van der Waals surface area contributed by atoms with Crippen molar-refractivity contribution in [3.8, 4) is 0 Å². The van der Waals surface area contributed by atoms with E-state index in [0.717, 1.165) is 12.8 Å². The van der Waals surface area contributed by atoms with Gasteiger partial charge in [-0.25, -0.2) is 0 Å². The third-order valence-electron chi connectivity index (χ3n) is 2.70. The van der Waals surface area contributed by atoms with E-state index in [1.54, 1.807) is 0 Å². The third-order valence-corrected chi connectivity index (χ3v) is 2.70. The van der Waals surface area contributed by atoms with Gasteiger partial charge in [-0.3, -0.25) is 0 Å². The van der Waals surface area contributed by atoms with Gasteiger partial charge in [0.25, 0.3) is 0 Å². The quantitative estimate of drug-likeness (QED) is 0.654. The molecule has 1 unspecified atom stereocenters. The van der Waals surface area contributed by atoms with Crippen LogP contribution in [0.4, 0.5) is 0 Å². The summed E-state index contributed by atoms with van der Waals surface area (Å²) in [4.78, 5) is 0. The summed E-state index contributed by atoms with van der Waals surface area (Å²) in [6.45, 7) is 8.01. The molecule has 0 saturated carbocycles. The van der Waals surface area contributed by atoms with Crippen LogP contribution in [0, 0.1) is 5.92 Å². The molecular formula is C10H18O2. The number of aliphatic hydroxyl groups excluding tert-OH is 1. The zero-order valence-electron chi connectivity index (χ0n) is 7.92. The summed E-state index contributed by atoms with van der Waals surface area (Å²) < 4.78 is 5.77. The van der Waals surface area contributed by atoms with Gasteiger partial charge in [-0.2, -0.15) is 0 Å². The molecule has 2 nitrogen and oxygen atoms in total. The molecular weight excluding hydrogens is 152 g/mol. The second-order valence-electron chi connectivity index (χ2n) is 3.87. The van der Waals surface area contributed by atoms with E-state index in [2.05, 4.69) is 6.58 Å². The lowest BCUT2D eigenvalue weighted by Gasteiger charge is -2.23. The molecule has 1 rings (SSSR count). The molecule has 1 fully saturated rings. The summed E-state index contributed by atoms with van der Waals surface area (Å²) in [7, 11) is 0. The van der Waals surface area contributed by atoms with Crippen LogP contribution >= 0.6 is 0 Å². The number of ether oxygens (including phenoxy) is 1. The van der Waals surface area contributed by atoms with Crippen LogP contribution in [0.5, 0.6) is 0 Å². The minimum atomic E-state index is -0.159. The van der Waals surface area contributed by atoms with Crippen LogP contribution < -0.4 is 0 Å². The molecule has 1 aliphatic heterocycles. The molecule has 0 aliphatic carbocycles. The second-order valence-corrected chi connectivity index (χ2v) is 3.87. The van der Waals surface area contributed by atoms with Crippen molar-refractivity contribution in [3.05, 3.63) is 12.7 Å². The van der Waals surface area contributed by atoms with E-state index >= 15 is 0 Å². The first-order chi connectivity index (χ1) is 5.61. The van der Waals surface area contributed by atoms with Crippen molar-refractivity contribution in [1.82, 2.24) is 0 Å². The maximum atomic E-state index is 8.93. The second kappa shape index (κ2) is 3.58. The standard InChI is InChI=1S/C10H18O2/c1-4-10(3)6-5-9(12-10)8(2)7-11/h4,8-9,11H,1,5-7H2,2-3H3/t8?,9-,10-/m0/s1. The van der Waals surface area contributed by atoms with Gasteiger partial charge in [0.15, 0.2) is 0 Å². The fourth-order valence-electron chi connectivity index (χ4n) is 1.56. The lowest BCUT2D eigenvalue weighted by atomic mass is 9.99. The monoisotopic (exact) mass is 170 g/mol. The Morgan fingerprint density at radius 1 is 1.83 bits per heavy atom. The average Bonchev–Trinajstić information content (AvgIpc) is 2.48.